The summed E-state index contributed by atoms with van der Waals surface area (Å²) in [5, 5.41) is 3.13. The summed E-state index contributed by atoms with van der Waals surface area (Å²) >= 11 is 0. The van der Waals surface area contributed by atoms with E-state index in [4.69, 9.17) is 0 Å². The van der Waals surface area contributed by atoms with E-state index in [9.17, 15) is 8.42 Å². The van der Waals surface area contributed by atoms with Crippen molar-refractivity contribution in [2.45, 2.75) is 31.1 Å². The predicted molar refractivity (Wildman–Crippen MR) is 110 cm³/mol. The third kappa shape index (κ3) is 3.41. The van der Waals surface area contributed by atoms with Crippen molar-refractivity contribution in [3.8, 4) is 11.4 Å². The van der Waals surface area contributed by atoms with E-state index in [1.165, 1.54) is 5.56 Å². The molecule has 0 atom stereocenters. The lowest BCUT2D eigenvalue weighted by Gasteiger charge is -2.19. The standard InChI is InChI=1S/C21H20N4O2S/c1-21(2,3)15-6-8-16(9-7-15)24-20-17-10-5-14(19-22-11-4-12-23-19)13-18(17)28(26,27)25-20/h4-13H,1-3H3,(H,24,25). The van der Waals surface area contributed by atoms with Crippen molar-refractivity contribution < 1.29 is 8.42 Å². The molecule has 2 aromatic carbocycles. The number of hydrogen-bond donors (Lipinski definition) is 1. The predicted octanol–water partition coefficient (Wildman–Crippen LogP) is 4.00. The maximum Gasteiger partial charge on any atom is 0.285 e. The monoisotopic (exact) mass is 392 g/mol. The van der Waals surface area contributed by atoms with Crippen LogP contribution in [0.3, 0.4) is 0 Å². The van der Waals surface area contributed by atoms with Crippen molar-refractivity contribution in [3.63, 3.8) is 0 Å². The molecule has 0 amide bonds. The normalized spacial score (nSPS) is 15.0. The van der Waals surface area contributed by atoms with Gasteiger partial charge in [0.1, 0.15) is 4.90 Å². The molecular formula is C21H20N4O2S. The minimum atomic E-state index is -3.77. The van der Waals surface area contributed by atoms with Crippen molar-refractivity contribution in [3.05, 3.63) is 72.1 Å². The topological polar surface area (TPSA) is 84.3 Å². The summed E-state index contributed by atoms with van der Waals surface area (Å²) in [6.07, 6.45) is 3.24. The Morgan fingerprint density at radius 3 is 2.25 bits per heavy atom. The molecule has 1 N–H and O–H groups in total. The van der Waals surface area contributed by atoms with Gasteiger partial charge in [-0.2, -0.15) is 8.42 Å². The van der Waals surface area contributed by atoms with E-state index in [2.05, 4.69) is 40.5 Å². The van der Waals surface area contributed by atoms with Crippen LogP contribution >= 0.6 is 0 Å². The molecule has 1 aliphatic heterocycles. The number of amidine groups is 1. The lowest BCUT2D eigenvalue weighted by atomic mass is 9.87. The molecule has 2 heterocycles. The summed E-state index contributed by atoms with van der Waals surface area (Å²) in [6, 6.07) is 14.7. The van der Waals surface area contributed by atoms with Gasteiger partial charge in [-0.3, -0.25) is 0 Å². The van der Waals surface area contributed by atoms with Gasteiger partial charge in [0.15, 0.2) is 11.7 Å². The smallest absolute Gasteiger partial charge is 0.285 e. The molecule has 1 aliphatic rings. The molecule has 0 saturated carbocycles. The highest BCUT2D eigenvalue weighted by Gasteiger charge is 2.29. The van der Waals surface area contributed by atoms with Crippen LogP contribution in [-0.4, -0.2) is 24.2 Å². The van der Waals surface area contributed by atoms with Gasteiger partial charge in [-0.25, -0.2) is 9.97 Å². The maximum absolute atomic E-state index is 12.6. The Balaban J connectivity index is 1.67. The van der Waals surface area contributed by atoms with E-state index in [0.717, 1.165) is 5.69 Å². The van der Waals surface area contributed by atoms with Crippen LogP contribution in [0.5, 0.6) is 0 Å². The van der Waals surface area contributed by atoms with Crippen LogP contribution in [0, 0.1) is 0 Å². The van der Waals surface area contributed by atoms with E-state index in [1.807, 2.05) is 24.3 Å². The summed E-state index contributed by atoms with van der Waals surface area (Å²) < 4.78 is 29.0. The molecule has 0 aliphatic carbocycles. The molecule has 142 valence electrons. The minimum absolute atomic E-state index is 0.0508. The van der Waals surface area contributed by atoms with Crippen molar-refractivity contribution in [1.29, 1.82) is 0 Å². The quantitative estimate of drug-likeness (QED) is 0.712. The number of fused-ring (bicyclic) bond motifs is 1. The second kappa shape index (κ2) is 6.53. The van der Waals surface area contributed by atoms with Gasteiger partial charge in [0.05, 0.1) is 0 Å². The summed E-state index contributed by atoms with van der Waals surface area (Å²) in [7, 11) is -3.77. The Kier molecular flexibility index (Phi) is 4.27. The number of sulfonamides is 1. The molecule has 3 aromatic rings. The average molecular weight is 392 g/mol. The number of nitrogens with one attached hydrogen (secondary N) is 1. The fraction of sp³-hybridized carbons (Fsp3) is 0.190. The maximum atomic E-state index is 12.6. The summed E-state index contributed by atoms with van der Waals surface area (Å²) in [6.45, 7) is 6.44. The van der Waals surface area contributed by atoms with Crippen LogP contribution in [0.25, 0.3) is 11.4 Å². The van der Waals surface area contributed by atoms with Gasteiger partial charge in [-0.05, 0) is 41.3 Å². The first kappa shape index (κ1) is 18.3. The van der Waals surface area contributed by atoms with Gasteiger partial charge in [0.2, 0.25) is 0 Å². The van der Waals surface area contributed by atoms with E-state index >= 15 is 0 Å². The Bertz CT molecular complexity index is 1160. The van der Waals surface area contributed by atoms with Crippen LogP contribution in [-0.2, 0) is 15.4 Å². The summed E-state index contributed by atoms with van der Waals surface area (Å²) in [5.74, 6) is 0.790. The molecule has 0 fully saturated rings. The second-order valence-corrected chi connectivity index (χ2v) is 9.22. The Hall–Kier alpha value is -3.06. The zero-order chi connectivity index (χ0) is 19.9. The van der Waals surface area contributed by atoms with Crippen LogP contribution in [0.1, 0.15) is 31.9 Å². The molecule has 7 heteroatoms. The summed E-state index contributed by atoms with van der Waals surface area (Å²) in [5.41, 5.74) is 3.21. The molecular weight excluding hydrogens is 372 g/mol. The van der Waals surface area contributed by atoms with Crippen LogP contribution in [0.15, 0.2) is 70.2 Å². The molecule has 4 rings (SSSR count). The molecule has 0 unspecified atom stereocenters. The number of aromatic nitrogens is 2. The minimum Gasteiger partial charge on any atom is -0.339 e. The molecule has 1 aromatic heterocycles. The molecule has 0 spiro atoms. The lowest BCUT2D eigenvalue weighted by Crippen LogP contribution is -2.13. The Labute approximate surface area is 164 Å². The van der Waals surface area contributed by atoms with E-state index in [1.54, 1.807) is 36.7 Å². The van der Waals surface area contributed by atoms with Gasteiger partial charge >= 0.3 is 0 Å². The van der Waals surface area contributed by atoms with Gasteiger partial charge in [-0.15, -0.1) is 4.40 Å². The Morgan fingerprint density at radius 2 is 1.61 bits per heavy atom. The fourth-order valence-corrected chi connectivity index (χ4v) is 4.22. The molecule has 28 heavy (non-hydrogen) atoms. The summed E-state index contributed by atoms with van der Waals surface area (Å²) in [4.78, 5) is 8.51. The number of rotatable bonds is 2. The van der Waals surface area contributed by atoms with E-state index in [-0.39, 0.29) is 10.3 Å². The molecule has 0 radical (unpaired) electrons. The second-order valence-electron chi connectivity index (χ2n) is 7.65. The molecule has 0 saturated heterocycles. The fourth-order valence-electron chi connectivity index (χ4n) is 3.02. The first-order valence-corrected chi connectivity index (χ1v) is 10.3. The highest BCUT2D eigenvalue weighted by molar-refractivity contribution is 7.90. The largest absolute Gasteiger partial charge is 0.339 e. The first-order chi connectivity index (χ1) is 13.2. The zero-order valence-electron chi connectivity index (χ0n) is 15.8. The molecule has 0 bridgehead atoms. The number of anilines is 1. The van der Waals surface area contributed by atoms with Crippen molar-refractivity contribution in [1.82, 2.24) is 9.97 Å². The third-order valence-electron chi connectivity index (χ3n) is 4.56. The van der Waals surface area contributed by atoms with Crippen molar-refractivity contribution in [2.75, 3.05) is 5.32 Å². The van der Waals surface area contributed by atoms with Gasteiger partial charge in [0, 0.05) is 29.2 Å². The SMILES string of the molecule is CC(C)(C)c1ccc(NC2=NS(=O)(=O)c3cc(-c4ncccn4)ccc32)cc1. The average Bonchev–Trinajstić information content (AvgIpc) is 2.92. The Morgan fingerprint density at radius 1 is 0.929 bits per heavy atom. The van der Waals surface area contributed by atoms with Crippen molar-refractivity contribution >= 4 is 21.5 Å². The van der Waals surface area contributed by atoms with Gasteiger partial charge < -0.3 is 5.32 Å². The first-order valence-electron chi connectivity index (χ1n) is 8.88. The van der Waals surface area contributed by atoms with Crippen LogP contribution in [0.2, 0.25) is 0 Å². The lowest BCUT2D eigenvalue weighted by molar-refractivity contribution is 0.590. The van der Waals surface area contributed by atoms with Crippen molar-refractivity contribution in [2.24, 2.45) is 4.40 Å². The number of benzene rings is 2. The molecule has 6 nitrogen and oxygen atoms in total. The number of hydrogen-bond acceptors (Lipinski definition) is 5. The van der Waals surface area contributed by atoms with E-state index < -0.39 is 10.0 Å². The van der Waals surface area contributed by atoms with Crippen LogP contribution < -0.4 is 5.32 Å². The number of nitrogens with zero attached hydrogens (tertiary/aromatic N) is 3. The van der Waals surface area contributed by atoms with Crippen LogP contribution in [0.4, 0.5) is 5.69 Å². The highest BCUT2D eigenvalue weighted by Crippen LogP contribution is 2.31. The van der Waals surface area contributed by atoms with Gasteiger partial charge in [0.25, 0.3) is 10.0 Å². The third-order valence-corrected chi connectivity index (χ3v) is 5.88. The van der Waals surface area contributed by atoms with E-state index in [0.29, 0.717) is 22.8 Å². The highest BCUT2D eigenvalue weighted by atomic mass is 32.2. The van der Waals surface area contributed by atoms with Gasteiger partial charge in [-0.1, -0.05) is 39.0 Å². The zero-order valence-corrected chi connectivity index (χ0v) is 16.7.